The molecule has 1 aromatic heterocycles. The number of ether oxygens (including phenoxy) is 1. The van der Waals surface area contributed by atoms with E-state index >= 15 is 0 Å². The highest BCUT2D eigenvalue weighted by atomic mass is 32.1. The van der Waals surface area contributed by atoms with E-state index in [4.69, 9.17) is 4.74 Å². The summed E-state index contributed by atoms with van der Waals surface area (Å²) in [5, 5.41) is 7.88. The first-order chi connectivity index (χ1) is 3.93. The first kappa shape index (κ1) is 5.50. The van der Waals surface area contributed by atoms with Gasteiger partial charge >= 0.3 is 0 Å². The number of rotatable bonds is 2. The van der Waals surface area contributed by atoms with Crippen LogP contribution in [0.5, 0.6) is 5.19 Å². The Morgan fingerprint density at radius 3 is 3.25 bits per heavy atom. The van der Waals surface area contributed by atoms with Gasteiger partial charge in [-0.05, 0) is 6.92 Å². The Balaban J connectivity index is 2.50. The van der Waals surface area contributed by atoms with Gasteiger partial charge in [0.1, 0.15) is 5.51 Å². The summed E-state index contributed by atoms with van der Waals surface area (Å²) in [5.74, 6) is 0. The lowest BCUT2D eigenvalue weighted by atomic mass is 10.9. The van der Waals surface area contributed by atoms with E-state index in [1.54, 1.807) is 5.51 Å². The second kappa shape index (κ2) is 2.61. The zero-order valence-electron chi connectivity index (χ0n) is 4.50. The molecule has 0 fully saturated rings. The van der Waals surface area contributed by atoms with Gasteiger partial charge in [-0.2, -0.15) is 0 Å². The van der Waals surface area contributed by atoms with Gasteiger partial charge in [-0.1, -0.05) is 11.3 Å². The predicted molar refractivity (Wildman–Crippen MR) is 31.1 cm³/mol. The first-order valence-corrected chi connectivity index (χ1v) is 3.20. The van der Waals surface area contributed by atoms with Crippen LogP contribution in [-0.2, 0) is 0 Å². The summed E-state index contributed by atoms with van der Waals surface area (Å²) in [5.41, 5.74) is 1.64. The average Bonchev–Trinajstić information content (AvgIpc) is 2.19. The van der Waals surface area contributed by atoms with Crippen molar-refractivity contribution in [1.82, 2.24) is 10.2 Å². The van der Waals surface area contributed by atoms with Crippen molar-refractivity contribution in [2.24, 2.45) is 0 Å². The zero-order chi connectivity index (χ0) is 5.82. The molecule has 0 aliphatic rings. The Kier molecular flexibility index (Phi) is 1.80. The van der Waals surface area contributed by atoms with Gasteiger partial charge in [-0.3, -0.25) is 0 Å². The summed E-state index contributed by atoms with van der Waals surface area (Å²) in [7, 11) is 0. The molecule has 0 N–H and O–H groups in total. The maximum absolute atomic E-state index is 4.99. The lowest BCUT2D eigenvalue weighted by molar-refractivity contribution is 0.335. The fourth-order valence-corrected chi connectivity index (χ4v) is 0.814. The molecule has 1 aromatic rings. The van der Waals surface area contributed by atoms with Crippen molar-refractivity contribution in [1.29, 1.82) is 0 Å². The van der Waals surface area contributed by atoms with Crippen molar-refractivity contribution in [2.75, 3.05) is 6.61 Å². The highest BCUT2D eigenvalue weighted by molar-refractivity contribution is 7.11. The smallest absolute Gasteiger partial charge is 0.293 e. The van der Waals surface area contributed by atoms with Crippen LogP contribution in [0.3, 0.4) is 0 Å². The van der Waals surface area contributed by atoms with E-state index in [2.05, 4.69) is 10.2 Å². The second-order valence-corrected chi connectivity index (χ2v) is 1.93. The lowest BCUT2D eigenvalue weighted by Gasteiger charge is -1.90. The number of nitrogens with zero attached hydrogens (tertiary/aromatic N) is 2. The van der Waals surface area contributed by atoms with Crippen molar-refractivity contribution in [3.8, 4) is 5.19 Å². The quantitative estimate of drug-likeness (QED) is 0.597. The molecule has 0 atom stereocenters. The summed E-state index contributed by atoms with van der Waals surface area (Å²) in [6.45, 7) is 2.58. The molecular formula is C4H6N2OS. The van der Waals surface area contributed by atoms with Crippen molar-refractivity contribution in [2.45, 2.75) is 6.92 Å². The SMILES string of the molecule is CCOc1nncs1. The van der Waals surface area contributed by atoms with E-state index in [-0.39, 0.29) is 0 Å². The molecule has 8 heavy (non-hydrogen) atoms. The highest BCUT2D eigenvalue weighted by Gasteiger charge is 1.90. The molecule has 0 saturated heterocycles. The molecular weight excluding hydrogens is 124 g/mol. The fourth-order valence-electron chi connectivity index (χ4n) is 0.349. The van der Waals surface area contributed by atoms with E-state index < -0.39 is 0 Å². The zero-order valence-corrected chi connectivity index (χ0v) is 5.31. The number of aromatic nitrogens is 2. The van der Waals surface area contributed by atoms with Crippen molar-refractivity contribution >= 4 is 11.3 Å². The lowest BCUT2D eigenvalue weighted by Crippen LogP contribution is -1.89. The van der Waals surface area contributed by atoms with E-state index in [0.29, 0.717) is 11.8 Å². The molecule has 0 aromatic carbocycles. The minimum atomic E-state index is 0.646. The predicted octanol–water partition coefficient (Wildman–Crippen LogP) is 0.937. The topological polar surface area (TPSA) is 35.0 Å². The first-order valence-electron chi connectivity index (χ1n) is 2.32. The monoisotopic (exact) mass is 130 g/mol. The third-order valence-electron chi connectivity index (χ3n) is 0.608. The Bertz CT molecular complexity index is 140. The minimum absolute atomic E-state index is 0.646. The van der Waals surface area contributed by atoms with Crippen LogP contribution in [0.4, 0.5) is 0 Å². The fraction of sp³-hybridized carbons (Fsp3) is 0.500. The Morgan fingerprint density at radius 1 is 1.88 bits per heavy atom. The molecule has 0 unspecified atom stereocenters. The van der Waals surface area contributed by atoms with Crippen molar-refractivity contribution in [3.63, 3.8) is 0 Å². The van der Waals surface area contributed by atoms with Gasteiger partial charge in [0, 0.05) is 0 Å². The molecule has 1 heterocycles. The molecule has 3 nitrogen and oxygen atoms in total. The summed E-state index contributed by atoms with van der Waals surface area (Å²) in [4.78, 5) is 0. The summed E-state index contributed by atoms with van der Waals surface area (Å²) >= 11 is 1.40. The Hall–Kier alpha value is -0.640. The Labute approximate surface area is 51.3 Å². The summed E-state index contributed by atoms with van der Waals surface area (Å²) in [6, 6.07) is 0. The van der Waals surface area contributed by atoms with Gasteiger partial charge in [0.25, 0.3) is 5.19 Å². The van der Waals surface area contributed by atoms with E-state index in [1.165, 1.54) is 11.3 Å². The van der Waals surface area contributed by atoms with Gasteiger partial charge in [-0.15, -0.1) is 10.2 Å². The minimum Gasteiger partial charge on any atom is -0.469 e. The van der Waals surface area contributed by atoms with E-state index in [1.807, 2.05) is 6.92 Å². The normalized spacial score (nSPS) is 9.12. The van der Waals surface area contributed by atoms with Crippen LogP contribution in [0.15, 0.2) is 5.51 Å². The standard InChI is InChI=1S/C4H6N2OS/c1-2-7-4-6-5-3-8-4/h3H,2H2,1H3. The van der Waals surface area contributed by atoms with Crippen molar-refractivity contribution in [3.05, 3.63) is 5.51 Å². The maximum atomic E-state index is 4.99. The van der Waals surface area contributed by atoms with Gasteiger partial charge in [-0.25, -0.2) is 0 Å². The van der Waals surface area contributed by atoms with E-state index in [9.17, 15) is 0 Å². The Morgan fingerprint density at radius 2 is 2.75 bits per heavy atom. The molecule has 0 bridgehead atoms. The highest BCUT2D eigenvalue weighted by Crippen LogP contribution is 2.09. The van der Waals surface area contributed by atoms with E-state index in [0.717, 1.165) is 0 Å². The van der Waals surface area contributed by atoms with Crippen LogP contribution in [0.25, 0.3) is 0 Å². The third kappa shape index (κ3) is 1.16. The van der Waals surface area contributed by atoms with Crippen LogP contribution in [-0.4, -0.2) is 16.8 Å². The summed E-state index contributed by atoms with van der Waals surface area (Å²) < 4.78 is 4.99. The van der Waals surface area contributed by atoms with Crippen LogP contribution < -0.4 is 4.74 Å². The maximum Gasteiger partial charge on any atom is 0.293 e. The van der Waals surface area contributed by atoms with Crippen LogP contribution >= 0.6 is 11.3 Å². The summed E-state index contributed by atoms with van der Waals surface area (Å²) in [6.07, 6.45) is 0. The third-order valence-corrected chi connectivity index (χ3v) is 1.21. The van der Waals surface area contributed by atoms with Crippen molar-refractivity contribution < 1.29 is 4.74 Å². The molecule has 1 rings (SSSR count). The molecule has 0 aliphatic heterocycles. The molecule has 0 saturated carbocycles. The van der Waals surface area contributed by atoms with Gasteiger partial charge in [0.05, 0.1) is 6.61 Å². The molecule has 0 aliphatic carbocycles. The van der Waals surface area contributed by atoms with Gasteiger partial charge in [0.15, 0.2) is 0 Å². The molecule has 0 radical (unpaired) electrons. The molecule has 0 amide bonds. The average molecular weight is 130 g/mol. The van der Waals surface area contributed by atoms with Crippen LogP contribution in [0, 0.1) is 0 Å². The van der Waals surface area contributed by atoms with Gasteiger partial charge < -0.3 is 4.74 Å². The number of hydrogen-bond donors (Lipinski definition) is 0. The molecule has 0 spiro atoms. The van der Waals surface area contributed by atoms with Crippen LogP contribution in [0.1, 0.15) is 6.92 Å². The van der Waals surface area contributed by atoms with Crippen LogP contribution in [0.2, 0.25) is 0 Å². The largest absolute Gasteiger partial charge is 0.469 e. The second-order valence-electron chi connectivity index (χ2n) is 1.14. The molecule has 4 heteroatoms. The number of hydrogen-bond acceptors (Lipinski definition) is 4. The van der Waals surface area contributed by atoms with Gasteiger partial charge in [0.2, 0.25) is 0 Å². The molecule has 44 valence electrons.